The Hall–Kier alpha value is -0.380. The normalized spacial score (nSPS) is 27.4. The summed E-state index contributed by atoms with van der Waals surface area (Å²) in [7, 11) is 0. The van der Waals surface area contributed by atoms with Gasteiger partial charge in [0.15, 0.2) is 0 Å². The monoisotopic (exact) mass is 278 g/mol. The lowest BCUT2D eigenvalue weighted by Crippen LogP contribution is -2.63. The van der Waals surface area contributed by atoms with Crippen LogP contribution in [0, 0.1) is 5.92 Å². The van der Waals surface area contributed by atoms with E-state index < -0.39 is 0 Å². The fraction of sp³-hybridized carbons (Fsp3) is 0.750. The summed E-state index contributed by atoms with van der Waals surface area (Å²) in [5, 5.41) is 6.10. The van der Waals surface area contributed by atoms with Gasteiger partial charge in [-0.25, -0.2) is 0 Å². The van der Waals surface area contributed by atoms with Crippen LogP contribution in [0.3, 0.4) is 0 Å². The first-order valence-corrected chi connectivity index (χ1v) is 8.58. The third-order valence-electron chi connectivity index (χ3n) is 4.93. The zero-order chi connectivity index (χ0) is 13.3. The highest BCUT2D eigenvalue weighted by molar-refractivity contribution is 7.09. The summed E-state index contributed by atoms with van der Waals surface area (Å²) in [6, 6.07) is 5.15. The van der Waals surface area contributed by atoms with Crippen LogP contribution in [0.2, 0.25) is 0 Å². The van der Waals surface area contributed by atoms with Gasteiger partial charge in [0.05, 0.1) is 0 Å². The fourth-order valence-electron chi connectivity index (χ4n) is 3.83. The summed E-state index contributed by atoms with van der Waals surface area (Å²) in [6.07, 6.45) is 5.57. The SMILES string of the molecule is CC(C)C1CNC2(CCCC2)CN1Cc1cccs1. The Bertz CT molecular complexity index is 393. The van der Waals surface area contributed by atoms with Crippen LogP contribution in [0.15, 0.2) is 17.5 Å². The fourth-order valence-corrected chi connectivity index (χ4v) is 4.56. The average Bonchev–Trinajstić information content (AvgIpc) is 3.01. The van der Waals surface area contributed by atoms with E-state index in [0.29, 0.717) is 11.6 Å². The first-order chi connectivity index (χ1) is 9.19. The highest BCUT2D eigenvalue weighted by Gasteiger charge is 2.41. The summed E-state index contributed by atoms with van der Waals surface area (Å²) in [5.74, 6) is 0.728. The van der Waals surface area contributed by atoms with Gasteiger partial charge in [-0.2, -0.15) is 0 Å². The first kappa shape index (κ1) is 13.6. The van der Waals surface area contributed by atoms with Crippen LogP contribution in [0.1, 0.15) is 44.4 Å². The Kier molecular flexibility index (Phi) is 3.97. The van der Waals surface area contributed by atoms with E-state index in [0.717, 1.165) is 12.5 Å². The number of hydrogen-bond donors (Lipinski definition) is 1. The molecule has 1 aromatic heterocycles. The van der Waals surface area contributed by atoms with Crippen molar-refractivity contribution in [1.29, 1.82) is 0 Å². The lowest BCUT2D eigenvalue weighted by Gasteiger charge is -2.47. The molecule has 2 fully saturated rings. The Morgan fingerprint density at radius 1 is 1.42 bits per heavy atom. The second-order valence-electron chi connectivity index (χ2n) is 6.66. The molecule has 0 amide bonds. The second-order valence-corrected chi connectivity index (χ2v) is 7.70. The number of nitrogens with one attached hydrogen (secondary N) is 1. The van der Waals surface area contributed by atoms with Crippen molar-refractivity contribution in [3.8, 4) is 0 Å². The van der Waals surface area contributed by atoms with Gasteiger partial charge in [0.2, 0.25) is 0 Å². The van der Waals surface area contributed by atoms with Crippen molar-refractivity contribution in [3.05, 3.63) is 22.4 Å². The lowest BCUT2D eigenvalue weighted by atomic mass is 9.89. The van der Waals surface area contributed by atoms with Crippen LogP contribution in [0.4, 0.5) is 0 Å². The van der Waals surface area contributed by atoms with Crippen molar-refractivity contribution in [1.82, 2.24) is 10.2 Å². The molecule has 19 heavy (non-hydrogen) atoms. The quantitative estimate of drug-likeness (QED) is 0.910. The molecule has 1 N–H and O–H groups in total. The summed E-state index contributed by atoms with van der Waals surface area (Å²) in [6.45, 7) is 8.28. The topological polar surface area (TPSA) is 15.3 Å². The molecule has 106 valence electrons. The molecular formula is C16H26N2S. The molecule has 1 saturated carbocycles. The summed E-state index contributed by atoms with van der Waals surface area (Å²) in [4.78, 5) is 4.26. The van der Waals surface area contributed by atoms with Gasteiger partial charge in [0, 0.05) is 36.1 Å². The third-order valence-corrected chi connectivity index (χ3v) is 5.79. The van der Waals surface area contributed by atoms with Gasteiger partial charge >= 0.3 is 0 Å². The first-order valence-electron chi connectivity index (χ1n) is 7.70. The maximum absolute atomic E-state index is 3.90. The van der Waals surface area contributed by atoms with E-state index in [1.807, 2.05) is 11.3 Å². The highest BCUT2D eigenvalue weighted by atomic mass is 32.1. The van der Waals surface area contributed by atoms with E-state index in [1.54, 1.807) is 0 Å². The van der Waals surface area contributed by atoms with E-state index in [-0.39, 0.29) is 0 Å². The number of piperazine rings is 1. The smallest absolute Gasteiger partial charge is 0.0332 e. The van der Waals surface area contributed by atoms with Crippen molar-refractivity contribution >= 4 is 11.3 Å². The van der Waals surface area contributed by atoms with E-state index in [1.165, 1.54) is 43.6 Å². The molecule has 0 aromatic carbocycles. The van der Waals surface area contributed by atoms with Gasteiger partial charge in [-0.15, -0.1) is 11.3 Å². The molecule has 1 aliphatic heterocycles. The molecule has 2 nitrogen and oxygen atoms in total. The van der Waals surface area contributed by atoms with E-state index in [9.17, 15) is 0 Å². The molecule has 1 saturated heterocycles. The van der Waals surface area contributed by atoms with Gasteiger partial charge in [-0.05, 0) is 30.2 Å². The second kappa shape index (κ2) is 5.55. The average molecular weight is 278 g/mol. The van der Waals surface area contributed by atoms with Crippen molar-refractivity contribution < 1.29 is 0 Å². The Morgan fingerprint density at radius 3 is 2.84 bits per heavy atom. The maximum Gasteiger partial charge on any atom is 0.0332 e. The molecule has 2 aliphatic rings. The van der Waals surface area contributed by atoms with Crippen molar-refractivity contribution in [2.75, 3.05) is 13.1 Å². The van der Waals surface area contributed by atoms with Crippen molar-refractivity contribution in [2.45, 2.75) is 57.7 Å². The van der Waals surface area contributed by atoms with Gasteiger partial charge in [0.1, 0.15) is 0 Å². The Labute approximate surface area is 121 Å². The van der Waals surface area contributed by atoms with Crippen LogP contribution in [-0.2, 0) is 6.54 Å². The summed E-state index contributed by atoms with van der Waals surface area (Å²) >= 11 is 1.90. The van der Waals surface area contributed by atoms with Crippen molar-refractivity contribution in [2.24, 2.45) is 5.92 Å². The number of nitrogens with zero attached hydrogens (tertiary/aromatic N) is 1. The van der Waals surface area contributed by atoms with E-state index >= 15 is 0 Å². The highest BCUT2D eigenvalue weighted by Crippen LogP contribution is 2.35. The minimum Gasteiger partial charge on any atom is -0.308 e. The summed E-state index contributed by atoms with van der Waals surface area (Å²) < 4.78 is 0. The molecule has 3 rings (SSSR count). The van der Waals surface area contributed by atoms with Crippen LogP contribution in [0.25, 0.3) is 0 Å². The molecule has 1 spiro atoms. The molecule has 0 bridgehead atoms. The third kappa shape index (κ3) is 2.88. The van der Waals surface area contributed by atoms with E-state index in [2.05, 4.69) is 41.6 Å². The molecule has 1 atom stereocenters. The summed E-state index contributed by atoms with van der Waals surface area (Å²) in [5.41, 5.74) is 0.433. The maximum atomic E-state index is 3.90. The van der Waals surface area contributed by atoms with E-state index in [4.69, 9.17) is 0 Å². The molecule has 1 aromatic rings. The molecule has 0 radical (unpaired) electrons. The standard InChI is InChI=1S/C16H26N2S/c1-13(2)15-10-17-16(7-3-4-8-16)12-18(15)11-14-6-5-9-19-14/h5-6,9,13,15,17H,3-4,7-8,10-12H2,1-2H3. The number of thiophene rings is 1. The zero-order valence-corrected chi connectivity index (χ0v) is 13.0. The predicted octanol–water partition coefficient (Wildman–Crippen LogP) is 3.49. The molecular weight excluding hydrogens is 252 g/mol. The minimum absolute atomic E-state index is 0.433. The van der Waals surface area contributed by atoms with Gasteiger partial charge in [0.25, 0.3) is 0 Å². The molecule has 1 unspecified atom stereocenters. The Morgan fingerprint density at radius 2 is 2.21 bits per heavy atom. The van der Waals surface area contributed by atoms with Crippen LogP contribution >= 0.6 is 11.3 Å². The Balaban J connectivity index is 1.74. The predicted molar refractivity (Wildman–Crippen MR) is 82.6 cm³/mol. The number of hydrogen-bond acceptors (Lipinski definition) is 3. The van der Waals surface area contributed by atoms with Crippen LogP contribution in [-0.4, -0.2) is 29.6 Å². The van der Waals surface area contributed by atoms with Crippen molar-refractivity contribution in [3.63, 3.8) is 0 Å². The molecule has 1 aliphatic carbocycles. The number of rotatable bonds is 3. The molecule has 2 heterocycles. The van der Waals surface area contributed by atoms with Gasteiger partial charge in [-0.3, -0.25) is 4.90 Å². The van der Waals surface area contributed by atoms with Gasteiger partial charge in [-0.1, -0.05) is 32.8 Å². The zero-order valence-electron chi connectivity index (χ0n) is 12.2. The lowest BCUT2D eigenvalue weighted by molar-refractivity contribution is 0.0515. The largest absolute Gasteiger partial charge is 0.308 e. The van der Waals surface area contributed by atoms with Crippen LogP contribution in [0.5, 0.6) is 0 Å². The molecule has 3 heteroatoms. The van der Waals surface area contributed by atoms with Gasteiger partial charge < -0.3 is 5.32 Å². The minimum atomic E-state index is 0.433. The van der Waals surface area contributed by atoms with Crippen LogP contribution < -0.4 is 5.32 Å².